The number of pyridine rings is 1. The summed E-state index contributed by atoms with van der Waals surface area (Å²) in [6.07, 6.45) is 2.56. The zero-order valence-electron chi connectivity index (χ0n) is 9.11. The Morgan fingerprint density at radius 2 is 2.00 bits per heavy atom. The lowest BCUT2D eigenvalue weighted by atomic mass is 10.0. The molecule has 17 heavy (non-hydrogen) atoms. The van der Waals surface area contributed by atoms with Crippen LogP contribution in [-0.4, -0.2) is 4.98 Å². The molecule has 0 radical (unpaired) electrons. The van der Waals surface area contributed by atoms with Crippen molar-refractivity contribution in [3.63, 3.8) is 0 Å². The number of aromatic nitrogens is 1. The number of hydrogen-bond acceptors (Lipinski definition) is 2. The highest BCUT2D eigenvalue weighted by atomic mass is 127. The zero-order chi connectivity index (χ0) is 12.3. The fourth-order valence-corrected chi connectivity index (χ4v) is 2.66. The topological polar surface area (TPSA) is 38.9 Å². The highest BCUT2D eigenvalue weighted by molar-refractivity contribution is 14.1. The van der Waals surface area contributed by atoms with Crippen LogP contribution in [-0.2, 0) is 6.42 Å². The molecule has 0 saturated carbocycles. The molecule has 0 bridgehead atoms. The Balaban J connectivity index is 2.14. The van der Waals surface area contributed by atoms with Crippen molar-refractivity contribution in [3.8, 4) is 0 Å². The van der Waals surface area contributed by atoms with E-state index in [9.17, 15) is 0 Å². The van der Waals surface area contributed by atoms with E-state index in [-0.39, 0.29) is 6.04 Å². The van der Waals surface area contributed by atoms with Gasteiger partial charge in [-0.15, -0.1) is 0 Å². The average Bonchev–Trinajstić information content (AvgIpc) is 2.32. The Hall–Kier alpha value is -0.460. The Bertz CT molecular complexity index is 499. The monoisotopic (exact) mass is 402 g/mol. The second kappa shape index (κ2) is 5.93. The molecule has 0 aliphatic rings. The number of hydrogen-bond donors (Lipinski definition) is 1. The molecule has 0 spiro atoms. The van der Waals surface area contributed by atoms with Crippen molar-refractivity contribution in [1.82, 2.24) is 4.98 Å². The lowest BCUT2D eigenvalue weighted by molar-refractivity contribution is 0.703. The number of benzene rings is 1. The average molecular weight is 403 g/mol. The van der Waals surface area contributed by atoms with E-state index in [0.717, 1.165) is 16.6 Å². The minimum atomic E-state index is -0.00299. The van der Waals surface area contributed by atoms with Crippen molar-refractivity contribution in [2.24, 2.45) is 5.73 Å². The normalized spacial score (nSPS) is 12.4. The van der Waals surface area contributed by atoms with Gasteiger partial charge in [-0.25, -0.2) is 0 Å². The van der Waals surface area contributed by atoms with E-state index in [4.69, 9.17) is 5.73 Å². The van der Waals surface area contributed by atoms with Gasteiger partial charge in [0.1, 0.15) is 0 Å². The third-order valence-corrected chi connectivity index (χ3v) is 3.97. The molecule has 0 saturated heterocycles. The molecule has 1 heterocycles. The molecule has 0 fully saturated rings. The third kappa shape index (κ3) is 3.50. The smallest absolute Gasteiger partial charge is 0.0423 e. The number of nitrogens with two attached hydrogens (primary N) is 1. The van der Waals surface area contributed by atoms with E-state index >= 15 is 0 Å². The van der Waals surface area contributed by atoms with Gasteiger partial charge in [0.15, 0.2) is 0 Å². The van der Waals surface area contributed by atoms with Gasteiger partial charge in [-0.2, -0.15) is 0 Å². The molecule has 2 nitrogen and oxygen atoms in total. The van der Waals surface area contributed by atoms with E-state index in [1.54, 1.807) is 6.20 Å². The van der Waals surface area contributed by atoms with Gasteiger partial charge >= 0.3 is 0 Å². The molecule has 2 N–H and O–H groups in total. The van der Waals surface area contributed by atoms with Gasteiger partial charge in [-0.05, 0) is 62.3 Å². The van der Waals surface area contributed by atoms with E-state index < -0.39 is 0 Å². The van der Waals surface area contributed by atoms with Crippen LogP contribution in [0.5, 0.6) is 0 Å². The maximum Gasteiger partial charge on any atom is 0.0423 e. The first-order chi connectivity index (χ1) is 8.16. The van der Waals surface area contributed by atoms with Gasteiger partial charge in [0, 0.05) is 32.4 Å². The van der Waals surface area contributed by atoms with Gasteiger partial charge < -0.3 is 5.73 Å². The molecule has 2 rings (SSSR count). The van der Waals surface area contributed by atoms with Crippen molar-refractivity contribution < 1.29 is 0 Å². The van der Waals surface area contributed by atoms with Gasteiger partial charge in [0.25, 0.3) is 0 Å². The van der Waals surface area contributed by atoms with Gasteiger partial charge in [0.2, 0.25) is 0 Å². The Morgan fingerprint density at radius 1 is 1.24 bits per heavy atom. The van der Waals surface area contributed by atoms with Gasteiger partial charge in [0.05, 0.1) is 0 Å². The molecule has 2 aromatic rings. The summed E-state index contributed by atoms with van der Waals surface area (Å²) >= 11 is 5.69. The first-order valence-electron chi connectivity index (χ1n) is 5.27. The first-order valence-corrected chi connectivity index (χ1v) is 7.14. The maximum atomic E-state index is 6.21. The summed E-state index contributed by atoms with van der Waals surface area (Å²) in [5.41, 5.74) is 8.40. The summed E-state index contributed by atoms with van der Waals surface area (Å²) in [6.45, 7) is 0. The van der Waals surface area contributed by atoms with Crippen molar-refractivity contribution in [2.45, 2.75) is 12.5 Å². The standard InChI is InChI=1S/C13H12BrIN2/c14-9-5-6-10(17-8-9)7-13(16)11-3-1-2-4-12(11)15/h1-6,8,13H,7,16H2. The molecule has 0 aliphatic carbocycles. The van der Waals surface area contributed by atoms with E-state index in [1.807, 2.05) is 24.3 Å². The largest absolute Gasteiger partial charge is 0.324 e. The van der Waals surface area contributed by atoms with Crippen molar-refractivity contribution in [2.75, 3.05) is 0 Å². The summed E-state index contributed by atoms with van der Waals surface area (Å²) in [4.78, 5) is 4.34. The van der Waals surface area contributed by atoms with E-state index in [2.05, 4.69) is 55.6 Å². The van der Waals surface area contributed by atoms with Gasteiger partial charge in [-0.1, -0.05) is 18.2 Å². The van der Waals surface area contributed by atoms with Crippen LogP contribution >= 0.6 is 38.5 Å². The molecule has 1 aromatic carbocycles. The highest BCUT2D eigenvalue weighted by Gasteiger charge is 2.10. The molecule has 4 heteroatoms. The second-order valence-corrected chi connectivity index (χ2v) is 5.88. The molecule has 0 amide bonds. The summed E-state index contributed by atoms with van der Waals surface area (Å²) in [6, 6.07) is 12.2. The van der Waals surface area contributed by atoms with E-state index in [0.29, 0.717) is 0 Å². The van der Waals surface area contributed by atoms with Crippen LogP contribution in [0.1, 0.15) is 17.3 Å². The van der Waals surface area contributed by atoms with Crippen LogP contribution < -0.4 is 5.73 Å². The van der Waals surface area contributed by atoms with Crippen molar-refractivity contribution in [3.05, 3.63) is 61.9 Å². The maximum absolute atomic E-state index is 6.21. The SMILES string of the molecule is NC(Cc1ccc(Br)cn1)c1ccccc1I. The predicted octanol–water partition coefficient (Wildman–Crippen LogP) is 3.69. The fourth-order valence-electron chi connectivity index (χ4n) is 1.64. The zero-order valence-corrected chi connectivity index (χ0v) is 12.8. The third-order valence-electron chi connectivity index (χ3n) is 2.52. The van der Waals surface area contributed by atoms with Crippen LogP contribution in [0.3, 0.4) is 0 Å². The summed E-state index contributed by atoms with van der Waals surface area (Å²) in [5.74, 6) is 0. The Morgan fingerprint density at radius 3 is 2.65 bits per heavy atom. The predicted molar refractivity (Wildman–Crippen MR) is 81.7 cm³/mol. The lowest BCUT2D eigenvalue weighted by Crippen LogP contribution is -2.15. The molecular weight excluding hydrogens is 391 g/mol. The van der Waals surface area contributed by atoms with Crippen molar-refractivity contribution >= 4 is 38.5 Å². The quantitative estimate of drug-likeness (QED) is 0.795. The fraction of sp³-hybridized carbons (Fsp3) is 0.154. The van der Waals surface area contributed by atoms with Crippen LogP contribution in [0.4, 0.5) is 0 Å². The highest BCUT2D eigenvalue weighted by Crippen LogP contribution is 2.21. The Labute approximate surface area is 123 Å². The minimum absolute atomic E-state index is 0.00299. The number of halogens is 2. The van der Waals surface area contributed by atoms with Crippen molar-refractivity contribution in [1.29, 1.82) is 0 Å². The summed E-state index contributed by atoms with van der Waals surface area (Å²) in [7, 11) is 0. The van der Waals surface area contributed by atoms with Crippen LogP contribution in [0.2, 0.25) is 0 Å². The van der Waals surface area contributed by atoms with Gasteiger partial charge in [-0.3, -0.25) is 4.98 Å². The first kappa shape index (κ1) is 13.0. The number of rotatable bonds is 3. The van der Waals surface area contributed by atoms with E-state index in [1.165, 1.54) is 9.13 Å². The number of nitrogens with zero attached hydrogens (tertiary/aromatic N) is 1. The molecular formula is C13H12BrIN2. The minimum Gasteiger partial charge on any atom is -0.324 e. The summed E-state index contributed by atoms with van der Waals surface area (Å²) in [5, 5.41) is 0. The van der Waals surface area contributed by atoms with Crippen LogP contribution in [0.25, 0.3) is 0 Å². The van der Waals surface area contributed by atoms with Crippen LogP contribution in [0.15, 0.2) is 47.1 Å². The lowest BCUT2D eigenvalue weighted by Gasteiger charge is -2.13. The molecule has 1 unspecified atom stereocenters. The molecule has 0 aliphatic heterocycles. The molecule has 1 aromatic heterocycles. The molecule has 1 atom stereocenters. The summed E-state index contributed by atoms with van der Waals surface area (Å²) < 4.78 is 2.19. The molecule has 88 valence electrons. The van der Waals surface area contributed by atoms with Crippen LogP contribution in [0, 0.1) is 3.57 Å². The second-order valence-electron chi connectivity index (χ2n) is 3.80. The Kier molecular flexibility index (Phi) is 4.53.